The number of β-lactam (4-membered cyclic amide) rings is 1. The lowest BCUT2D eigenvalue weighted by atomic mass is 10.0. The van der Waals surface area contributed by atoms with Gasteiger partial charge in [0.2, 0.25) is 0 Å². The fraction of sp³-hybridized carbons (Fsp3) is 0.474. The second-order valence-corrected chi connectivity index (χ2v) is 9.73. The van der Waals surface area contributed by atoms with Gasteiger partial charge in [-0.05, 0) is 19.3 Å². The molecular weight excluding hydrogens is 488 g/mol. The third-order valence-electron chi connectivity index (χ3n) is 5.60. The van der Waals surface area contributed by atoms with Crippen molar-refractivity contribution in [1.29, 1.82) is 0 Å². The highest BCUT2D eigenvalue weighted by Crippen LogP contribution is 2.40. The van der Waals surface area contributed by atoms with Crippen LogP contribution in [0.1, 0.15) is 25.0 Å². The van der Waals surface area contributed by atoms with Gasteiger partial charge >= 0.3 is 12.1 Å². The van der Waals surface area contributed by atoms with Gasteiger partial charge in [-0.3, -0.25) is 14.5 Å². The van der Waals surface area contributed by atoms with Crippen molar-refractivity contribution >= 4 is 57.8 Å². The Hall–Kier alpha value is -3.33. The van der Waals surface area contributed by atoms with E-state index in [1.54, 1.807) is 4.90 Å². The Morgan fingerprint density at radius 2 is 2.03 bits per heavy atom. The molecular formula is C19H22N6O7S2. The topological polar surface area (TPSA) is 188 Å². The molecule has 4 heterocycles. The first kappa shape index (κ1) is 23.8. The van der Waals surface area contributed by atoms with Gasteiger partial charge in [-0.1, -0.05) is 5.16 Å². The monoisotopic (exact) mass is 510 g/mol. The first-order chi connectivity index (χ1) is 16.3. The number of nitrogens with one attached hydrogen (secondary N) is 1. The third kappa shape index (κ3) is 4.52. The number of aliphatic carboxylic acids is 1. The molecule has 15 heteroatoms. The maximum Gasteiger partial charge on any atom is 0.410 e. The van der Waals surface area contributed by atoms with Crippen LogP contribution in [0, 0.1) is 0 Å². The van der Waals surface area contributed by atoms with Crippen LogP contribution in [0.15, 0.2) is 21.8 Å². The van der Waals surface area contributed by atoms with E-state index in [0.29, 0.717) is 18.7 Å². The SMILES string of the molecule is Nc1nc(/C(=N/O)C(=O)NC2C(=O)N3C(C(=O)O)=C(COC(=O)N4CCCCC4)CS[C@@H]23)cs1. The van der Waals surface area contributed by atoms with Crippen LogP contribution in [0.2, 0.25) is 0 Å². The standard InChI is InChI=1S/C19H22N6O7S2/c20-18-21-10(8-34-18)11(23-31)14(26)22-12-15(27)25-13(17(28)29)9(7-33-16(12)25)6-32-19(30)24-4-2-1-3-5-24/h8,12,16,31H,1-7H2,(H2,20,21)(H,22,26)(H,28,29)/b23-11-/t12?,16-/m0/s1. The van der Waals surface area contributed by atoms with Crippen molar-refractivity contribution in [3.8, 4) is 0 Å². The van der Waals surface area contributed by atoms with E-state index in [2.05, 4.69) is 15.5 Å². The minimum absolute atomic E-state index is 0.0476. The Balaban J connectivity index is 1.43. The number of anilines is 1. The summed E-state index contributed by atoms with van der Waals surface area (Å²) < 4.78 is 5.32. The number of nitrogens with two attached hydrogens (primary N) is 1. The number of carbonyl (C=O) groups excluding carboxylic acids is 3. The maximum atomic E-state index is 12.8. The van der Waals surface area contributed by atoms with Gasteiger partial charge in [-0.25, -0.2) is 14.6 Å². The number of nitrogens with zero attached hydrogens (tertiary/aromatic N) is 4. The van der Waals surface area contributed by atoms with Crippen LogP contribution in [0.3, 0.4) is 0 Å². The number of hydrogen-bond acceptors (Lipinski definition) is 11. The molecule has 4 rings (SSSR count). The summed E-state index contributed by atoms with van der Waals surface area (Å²) in [5.41, 5.74) is 5.22. The molecule has 0 saturated carbocycles. The smallest absolute Gasteiger partial charge is 0.410 e. The van der Waals surface area contributed by atoms with E-state index in [0.717, 1.165) is 35.5 Å². The van der Waals surface area contributed by atoms with Crippen LogP contribution in [0.4, 0.5) is 9.93 Å². The van der Waals surface area contributed by atoms with E-state index >= 15 is 0 Å². The summed E-state index contributed by atoms with van der Waals surface area (Å²) in [5, 5.41) is 25.3. The molecule has 2 saturated heterocycles. The first-order valence-corrected chi connectivity index (χ1v) is 12.3. The third-order valence-corrected chi connectivity index (χ3v) is 7.61. The molecule has 5 N–H and O–H groups in total. The highest BCUT2D eigenvalue weighted by atomic mass is 32.2. The van der Waals surface area contributed by atoms with Gasteiger partial charge in [-0.2, -0.15) is 0 Å². The highest BCUT2D eigenvalue weighted by molar-refractivity contribution is 8.00. The Morgan fingerprint density at radius 3 is 2.65 bits per heavy atom. The Bertz CT molecular complexity index is 1080. The molecule has 2 atom stereocenters. The van der Waals surface area contributed by atoms with Gasteiger partial charge in [0.05, 0.1) is 0 Å². The molecule has 182 valence electrons. The lowest BCUT2D eigenvalue weighted by molar-refractivity contribution is -0.150. The zero-order chi connectivity index (χ0) is 24.4. The summed E-state index contributed by atoms with van der Waals surface area (Å²) in [6.45, 7) is 0.947. The van der Waals surface area contributed by atoms with E-state index in [9.17, 15) is 29.5 Å². The summed E-state index contributed by atoms with van der Waals surface area (Å²) in [5.74, 6) is -2.63. The van der Waals surface area contributed by atoms with Gasteiger partial charge < -0.3 is 31.0 Å². The lowest BCUT2D eigenvalue weighted by Gasteiger charge is -2.49. The number of thiazole rings is 1. The minimum Gasteiger partial charge on any atom is -0.477 e. The van der Waals surface area contributed by atoms with E-state index < -0.39 is 41.0 Å². The van der Waals surface area contributed by atoms with E-state index in [1.165, 1.54) is 17.1 Å². The number of oxime groups is 1. The molecule has 34 heavy (non-hydrogen) atoms. The predicted molar refractivity (Wildman–Crippen MR) is 121 cm³/mol. The average Bonchev–Trinajstić information content (AvgIpc) is 3.26. The van der Waals surface area contributed by atoms with Crippen molar-refractivity contribution in [2.24, 2.45) is 5.16 Å². The molecule has 3 amide bonds. The van der Waals surface area contributed by atoms with Gasteiger partial charge in [0.25, 0.3) is 11.8 Å². The Morgan fingerprint density at radius 1 is 1.29 bits per heavy atom. The lowest BCUT2D eigenvalue weighted by Crippen LogP contribution is -2.71. The number of carboxylic acids is 1. The number of aromatic nitrogens is 1. The number of nitrogen functional groups attached to an aromatic ring is 1. The zero-order valence-electron chi connectivity index (χ0n) is 17.8. The fourth-order valence-electron chi connectivity index (χ4n) is 3.93. The van der Waals surface area contributed by atoms with Crippen LogP contribution in [-0.2, 0) is 19.1 Å². The number of likely N-dealkylation sites (tertiary alicyclic amines) is 1. The van der Waals surface area contributed by atoms with Gasteiger partial charge in [0, 0.05) is 29.8 Å². The van der Waals surface area contributed by atoms with Crippen molar-refractivity contribution < 1.29 is 34.2 Å². The summed E-state index contributed by atoms with van der Waals surface area (Å²) in [7, 11) is 0. The summed E-state index contributed by atoms with van der Waals surface area (Å²) in [6, 6.07) is -1.03. The maximum absolute atomic E-state index is 12.8. The highest BCUT2D eigenvalue weighted by Gasteiger charge is 2.54. The Kier molecular flexibility index (Phi) is 6.92. The number of carbonyl (C=O) groups is 4. The minimum atomic E-state index is -1.33. The molecule has 0 aromatic carbocycles. The van der Waals surface area contributed by atoms with Crippen molar-refractivity contribution in [2.45, 2.75) is 30.7 Å². The van der Waals surface area contributed by atoms with E-state index in [4.69, 9.17) is 10.5 Å². The molecule has 1 aromatic heterocycles. The van der Waals surface area contributed by atoms with Gasteiger partial charge in [0.1, 0.15) is 29.4 Å². The molecule has 2 fully saturated rings. The molecule has 0 radical (unpaired) electrons. The number of hydrogen-bond donors (Lipinski definition) is 4. The second kappa shape index (κ2) is 9.89. The summed E-state index contributed by atoms with van der Waals surface area (Å²) >= 11 is 2.28. The van der Waals surface area contributed by atoms with Crippen molar-refractivity contribution in [3.63, 3.8) is 0 Å². The van der Waals surface area contributed by atoms with Crippen LogP contribution in [0.5, 0.6) is 0 Å². The molecule has 13 nitrogen and oxygen atoms in total. The molecule has 0 bridgehead atoms. The summed E-state index contributed by atoms with van der Waals surface area (Å²) in [6.07, 6.45) is 2.32. The van der Waals surface area contributed by atoms with E-state index in [1.807, 2.05) is 0 Å². The molecule has 0 aliphatic carbocycles. The van der Waals surface area contributed by atoms with Gasteiger partial charge in [0.15, 0.2) is 10.8 Å². The quantitative estimate of drug-likeness (QED) is 0.179. The predicted octanol–water partition coefficient (Wildman–Crippen LogP) is 0.265. The molecule has 3 aliphatic rings. The van der Waals surface area contributed by atoms with Crippen LogP contribution < -0.4 is 11.1 Å². The van der Waals surface area contributed by atoms with Crippen LogP contribution in [0.25, 0.3) is 0 Å². The van der Waals surface area contributed by atoms with Crippen molar-refractivity contribution in [1.82, 2.24) is 20.1 Å². The second-order valence-electron chi connectivity index (χ2n) is 7.74. The number of amides is 3. The number of carboxylic acid groups (broad SMARTS) is 1. The average molecular weight is 511 g/mol. The number of piperidine rings is 1. The fourth-order valence-corrected chi connectivity index (χ4v) is 5.80. The Labute approximate surface area is 201 Å². The first-order valence-electron chi connectivity index (χ1n) is 10.4. The molecule has 1 unspecified atom stereocenters. The van der Waals surface area contributed by atoms with Gasteiger partial charge in [-0.15, -0.1) is 23.1 Å². The molecule has 1 aromatic rings. The number of ether oxygens (including phenoxy) is 1. The number of fused-ring (bicyclic) bond motifs is 1. The number of rotatable bonds is 6. The van der Waals surface area contributed by atoms with Crippen LogP contribution in [-0.4, -0.2) is 91.6 Å². The molecule has 3 aliphatic heterocycles. The van der Waals surface area contributed by atoms with E-state index in [-0.39, 0.29) is 28.9 Å². The van der Waals surface area contributed by atoms with Crippen molar-refractivity contribution in [3.05, 3.63) is 22.3 Å². The largest absolute Gasteiger partial charge is 0.477 e. The van der Waals surface area contributed by atoms with Crippen LogP contribution >= 0.6 is 23.1 Å². The zero-order valence-corrected chi connectivity index (χ0v) is 19.4. The van der Waals surface area contributed by atoms with Crippen molar-refractivity contribution in [2.75, 3.05) is 31.2 Å². The number of thioether (sulfide) groups is 1. The normalized spacial score (nSPS) is 22.7. The molecule has 0 spiro atoms. The summed E-state index contributed by atoms with van der Waals surface area (Å²) in [4.78, 5) is 56.1.